The van der Waals surface area contributed by atoms with Crippen LogP contribution in [0.2, 0.25) is 0 Å². The van der Waals surface area contributed by atoms with Crippen LogP contribution in [0.25, 0.3) is 10.2 Å². The average Bonchev–Trinajstić information content (AvgIpc) is 2.96. The van der Waals surface area contributed by atoms with Crippen LogP contribution in [0.1, 0.15) is 11.3 Å². The summed E-state index contributed by atoms with van der Waals surface area (Å²) in [5, 5.41) is 3.78. The Hall–Kier alpha value is -2.38. The number of halogens is 2. The lowest BCUT2D eigenvalue weighted by Crippen LogP contribution is -1.99. The first-order chi connectivity index (χ1) is 12.2. The van der Waals surface area contributed by atoms with Crippen molar-refractivity contribution in [2.75, 3.05) is 5.32 Å². The van der Waals surface area contributed by atoms with Crippen LogP contribution in [0.5, 0.6) is 0 Å². The minimum Gasteiger partial charge on any atom is -0.316 e. The lowest BCUT2D eigenvalue weighted by Gasteiger charge is -2.06. The van der Waals surface area contributed by atoms with E-state index in [-0.39, 0.29) is 0 Å². The molecule has 0 aliphatic carbocycles. The van der Waals surface area contributed by atoms with E-state index in [1.165, 1.54) is 17.4 Å². The second-order valence-electron chi connectivity index (χ2n) is 5.44. The number of anilines is 2. The monoisotopic (exact) mass is 414 g/mol. The topological polar surface area (TPSA) is 50.7 Å². The van der Waals surface area contributed by atoms with Gasteiger partial charge in [0.05, 0.1) is 10.2 Å². The fourth-order valence-electron chi connectivity index (χ4n) is 2.49. The van der Waals surface area contributed by atoms with Gasteiger partial charge in [-0.1, -0.05) is 33.3 Å². The van der Waals surface area contributed by atoms with Gasteiger partial charge in [0.2, 0.25) is 5.95 Å². The molecule has 0 aliphatic rings. The Morgan fingerprint density at radius 3 is 2.84 bits per heavy atom. The number of hydrogen-bond donors (Lipinski definition) is 1. The van der Waals surface area contributed by atoms with Crippen molar-refractivity contribution >= 4 is 48.4 Å². The maximum absolute atomic E-state index is 13.9. The number of rotatable bonds is 4. The molecule has 25 heavy (non-hydrogen) atoms. The van der Waals surface area contributed by atoms with E-state index >= 15 is 0 Å². The van der Waals surface area contributed by atoms with Gasteiger partial charge >= 0.3 is 0 Å². The molecule has 0 bridgehead atoms. The minimum atomic E-state index is -0.528. The quantitative estimate of drug-likeness (QED) is 0.459. The highest BCUT2D eigenvalue weighted by Crippen LogP contribution is 2.30. The van der Waals surface area contributed by atoms with Gasteiger partial charge in [-0.15, -0.1) is 0 Å². The maximum atomic E-state index is 13.9. The molecule has 0 atom stereocenters. The lowest BCUT2D eigenvalue weighted by atomic mass is 10.1. The first-order valence-electron chi connectivity index (χ1n) is 7.55. The van der Waals surface area contributed by atoms with E-state index < -0.39 is 5.95 Å². The molecule has 4 aromatic rings. The zero-order valence-corrected chi connectivity index (χ0v) is 15.3. The van der Waals surface area contributed by atoms with Gasteiger partial charge < -0.3 is 5.32 Å². The molecule has 0 saturated carbocycles. The summed E-state index contributed by atoms with van der Waals surface area (Å²) < 4.78 is 15.9. The zero-order valence-electron chi connectivity index (χ0n) is 12.9. The van der Waals surface area contributed by atoms with Crippen molar-refractivity contribution < 1.29 is 4.39 Å². The van der Waals surface area contributed by atoms with Crippen LogP contribution in [0.15, 0.2) is 59.2 Å². The number of nitrogens with zero attached hydrogens (tertiary/aromatic N) is 3. The second kappa shape index (κ2) is 6.85. The summed E-state index contributed by atoms with van der Waals surface area (Å²) in [6, 6.07) is 14.8. The van der Waals surface area contributed by atoms with Gasteiger partial charge in [-0.05, 0) is 48.0 Å². The van der Waals surface area contributed by atoms with Crippen molar-refractivity contribution in [3.63, 3.8) is 0 Å². The van der Waals surface area contributed by atoms with Crippen LogP contribution >= 0.6 is 27.3 Å². The molecule has 124 valence electrons. The van der Waals surface area contributed by atoms with E-state index in [0.717, 1.165) is 25.9 Å². The van der Waals surface area contributed by atoms with Gasteiger partial charge in [-0.3, -0.25) is 4.98 Å². The largest absolute Gasteiger partial charge is 0.316 e. The number of fused-ring (bicyclic) bond motifs is 1. The minimum absolute atomic E-state index is 0.434. The Morgan fingerprint density at radius 1 is 1.08 bits per heavy atom. The second-order valence-corrected chi connectivity index (χ2v) is 7.38. The molecular formula is C18H12BrFN4S. The van der Waals surface area contributed by atoms with E-state index in [4.69, 9.17) is 0 Å². The third kappa shape index (κ3) is 3.83. The zero-order chi connectivity index (χ0) is 17.2. The highest BCUT2D eigenvalue weighted by Gasteiger charge is 2.08. The number of aromatic nitrogens is 3. The van der Waals surface area contributed by atoms with Gasteiger partial charge in [-0.25, -0.2) is 9.97 Å². The third-order valence-corrected chi connectivity index (χ3v) is 4.98. The van der Waals surface area contributed by atoms with E-state index in [1.807, 2.05) is 42.5 Å². The summed E-state index contributed by atoms with van der Waals surface area (Å²) in [7, 11) is 0. The SMILES string of the molecule is Fc1cc(Cc2ccccn2)cc(Nc2nc3ccc(Br)cc3s2)n1. The standard InChI is InChI=1S/C18H12BrFN4S/c19-12-4-5-14-15(10-12)25-18(22-14)24-17-9-11(8-16(20)23-17)7-13-3-1-2-6-21-13/h1-6,8-10H,7H2,(H,22,23,24). The van der Waals surface area contributed by atoms with Crippen LogP contribution < -0.4 is 5.32 Å². The number of pyridine rings is 2. The summed E-state index contributed by atoms with van der Waals surface area (Å²) in [6.07, 6.45) is 2.27. The number of thiazole rings is 1. The van der Waals surface area contributed by atoms with E-state index in [0.29, 0.717) is 17.4 Å². The number of nitrogens with one attached hydrogen (secondary N) is 1. The highest BCUT2D eigenvalue weighted by atomic mass is 79.9. The van der Waals surface area contributed by atoms with E-state index in [2.05, 4.69) is 36.2 Å². The van der Waals surface area contributed by atoms with Crippen molar-refractivity contribution in [3.8, 4) is 0 Å². The Balaban J connectivity index is 1.61. The van der Waals surface area contributed by atoms with Crippen LogP contribution in [-0.4, -0.2) is 15.0 Å². The first-order valence-corrected chi connectivity index (χ1v) is 9.16. The van der Waals surface area contributed by atoms with Gasteiger partial charge in [0.1, 0.15) is 5.82 Å². The molecule has 0 fully saturated rings. The Kier molecular flexibility index (Phi) is 4.42. The normalized spacial score (nSPS) is 11.0. The molecule has 0 amide bonds. The van der Waals surface area contributed by atoms with Gasteiger partial charge in [0.25, 0.3) is 0 Å². The van der Waals surface area contributed by atoms with Crippen LogP contribution in [0.4, 0.5) is 15.3 Å². The summed E-state index contributed by atoms with van der Waals surface area (Å²) in [4.78, 5) is 12.7. The molecular weight excluding hydrogens is 403 g/mol. The molecule has 0 spiro atoms. The molecule has 4 nitrogen and oxygen atoms in total. The first kappa shape index (κ1) is 16.1. The highest BCUT2D eigenvalue weighted by molar-refractivity contribution is 9.10. The molecule has 0 aliphatic heterocycles. The van der Waals surface area contributed by atoms with Gasteiger partial charge in [0, 0.05) is 22.8 Å². The van der Waals surface area contributed by atoms with Crippen molar-refractivity contribution in [2.24, 2.45) is 0 Å². The Bertz CT molecular complexity index is 1040. The molecule has 3 aromatic heterocycles. The fraction of sp³-hybridized carbons (Fsp3) is 0.0556. The number of hydrogen-bond acceptors (Lipinski definition) is 5. The molecule has 1 aromatic carbocycles. The summed E-state index contributed by atoms with van der Waals surface area (Å²) >= 11 is 4.94. The smallest absolute Gasteiger partial charge is 0.215 e. The molecule has 3 heterocycles. The molecule has 4 rings (SSSR count). The van der Waals surface area contributed by atoms with Crippen LogP contribution in [-0.2, 0) is 6.42 Å². The van der Waals surface area contributed by atoms with E-state index in [1.54, 1.807) is 6.20 Å². The van der Waals surface area contributed by atoms with Crippen molar-refractivity contribution in [1.82, 2.24) is 15.0 Å². The fourth-order valence-corrected chi connectivity index (χ4v) is 3.91. The lowest BCUT2D eigenvalue weighted by molar-refractivity contribution is 0.583. The molecule has 0 unspecified atom stereocenters. The third-order valence-electron chi connectivity index (χ3n) is 3.55. The van der Waals surface area contributed by atoms with Gasteiger partial charge in [-0.2, -0.15) is 4.39 Å². The summed E-state index contributed by atoms with van der Waals surface area (Å²) in [5.41, 5.74) is 2.57. The van der Waals surface area contributed by atoms with Gasteiger partial charge in [0.15, 0.2) is 5.13 Å². The average molecular weight is 415 g/mol. The number of benzene rings is 1. The summed E-state index contributed by atoms with van der Waals surface area (Å²) in [6.45, 7) is 0. The maximum Gasteiger partial charge on any atom is 0.215 e. The molecule has 1 N–H and O–H groups in total. The molecule has 0 saturated heterocycles. The van der Waals surface area contributed by atoms with E-state index in [9.17, 15) is 4.39 Å². The van der Waals surface area contributed by atoms with Crippen molar-refractivity contribution in [1.29, 1.82) is 0 Å². The van der Waals surface area contributed by atoms with Crippen molar-refractivity contribution in [3.05, 3.63) is 76.4 Å². The predicted octanol–water partition coefficient (Wildman–Crippen LogP) is 5.32. The molecule has 7 heteroatoms. The molecule has 0 radical (unpaired) electrons. The van der Waals surface area contributed by atoms with Crippen LogP contribution in [0, 0.1) is 5.95 Å². The van der Waals surface area contributed by atoms with Crippen LogP contribution in [0.3, 0.4) is 0 Å². The Morgan fingerprint density at radius 2 is 2.00 bits per heavy atom. The van der Waals surface area contributed by atoms with Crippen molar-refractivity contribution in [2.45, 2.75) is 6.42 Å². The summed E-state index contributed by atoms with van der Waals surface area (Å²) in [5.74, 6) is -0.0937. The Labute approximate surface area is 155 Å². The predicted molar refractivity (Wildman–Crippen MR) is 102 cm³/mol.